The number of benzene rings is 1. The highest BCUT2D eigenvalue weighted by Crippen LogP contribution is 2.29. The number of nitrogens with one attached hydrogen (secondary N) is 2. The monoisotopic (exact) mass is 331 g/mol. The Balaban J connectivity index is 1.40. The molecule has 0 aliphatic carbocycles. The lowest BCUT2D eigenvalue weighted by Crippen LogP contribution is -2.54. The molecule has 2 fully saturated rings. The minimum absolute atomic E-state index is 0.00713. The number of nitrogens with zero attached hydrogens (tertiary/aromatic N) is 3. The SMILES string of the molecule is O=C1NCC(C(=O)N2CCN(c3nc4ccccc4s3)CC2)N1. The second-order valence-corrected chi connectivity index (χ2v) is 6.69. The summed E-state index contributed by atoms with van der Waals surface area (Å²) in [7, 11) is 0. The van der Waals surface area contributed by atoms with Crippen molar-refractivity contribution in [3.8, 4) is 0 Å². The van der Waals surface area contributed by atoms with Gasteiger partial charge in [-0.1, -0.05) is 23.5 Å². The number of carbonyl (C=O) groups is 2. The maximum atomic E-state index is 12.4. The van der Waals surface area contributed by atoms with Gasteiger partial charge in [-0.25, -0.2) is 9.78 Å². The van der Waals surface area contributed by atoms with Crippen molar-refractivity contribution in [2.24, 2.45) is 0 Å². The smallest absolute Gasteiger partial charge is 0.315 e. The van der Waals surface area contributed by atoms with E-state index >= 15 is 0 Å². The van der Waals surface area contributed by atoms with Gasteiger partial charge < -0.3 is 20.4 Å². The first kappa shape index (κ1) is 14.3. The van der Waals surface area contributed by atoms with Crippen LogP contribution in [0, 0.1) is 0 Å². The molecule has 4 rings (SSSR count). The zero-order valence-electron chi connectivity index (χ0n) is 12.5. The number of aromatic nitrogens is 1. The minimum Gasteiger partial charge on any atom is -0.345 e. The van der Waals surface area contributed by atoms with Gasteiger partial charge in [-0.2, -0.15) is 0 Å². The molecule has 2 N–H and O–H groups in total. The Morgan fingerprint density at radius 1 is 1.22 bits per heavy atom. The van der Waals surface area contributed by atoms with E-state index < -0.39 is 6.04 Å². The number of carbonyl (C=O) groups excluding carboxylic acids is 2. The first-order valence-electron chi connectivity index (χ1n) is 7.64. The summed E-state index contributed by atoms with van der Waals surface area (Å²) < 4.78 is 1.18. The number of fused-ring (bicyclic) bond motifs is 1. The minimum atomic E-state index is -0.434. The van der Waals surface area contributed by atoms with Gasteiger partial charge in [0.1, 0.15) is 6.04 Å². The van der Waals surface area contributed by atoms with Crippen molar-refractivity contribution in [3.05, 3.63) is 24.3 Å². The lowest BCUT2D eigenvalue weighted by Gasteiger charge is -2.35. The maximum Gasteiger partial charge on any atom is 0.315 e. The Kier molecular flexibility index (Phi) is 3.53. The number of anilines is 1. The number of thiazole rings is 1. The van der Waals surface area contributed by atoms with Crippen LogP contribution in [0.1, 0.15) is 0 Å². The topological polar surface area (TPSA) is 77.6 Å². The molecule has 2 saturated heterocycles. The number of para-hydroxylation sites is 1. The zero-order valence-corrected chi connectivity index (χ0v) is 13.3. The highest BCUT2D eigenvalue weighted by molar-refractivity contribution is 7.22. The summed E-state index contributed by atoms with van der Waals surface area (Å²) in [5.74, 6) is -0.00713. The van der Waals surface area contributed by atoms with Crippen LogP contribution in [0.25, 0.3) is 10.2 Å². The lowest BCUT2D eigenvalue weighted by atomic mass is 10.2. The summed E-state index contributed by atoms with van der Waals surface area (Å²) in [6.45, 7) is 3.21. The molecule has 2 aromatic rings. The molecular weight excluding hydrogens is 314 g/mol. The number of piperazine rings is 1. The van der Waals surface area contributed by atoms with Gasteiger partial charge in [-0.15, -0.1) is 0 Å². The van der Waals surface area contributed by atoms with Crippen LogP contribution >= 0.6 is 11.3 Å². The standard InChI is InChI=1S/C15H17N5O2S/c21-13(11-9-16-14(22)17-11)19-5-7-20(8-6-19)15-18-10-3-1-2-4-12(10)23-15/h1-4,11H,5-9H2,(H2,16,17,22). The van der Waals surface area contributed by atoms with E-state index in [1.54, 1.807) is 11.3 Å². The number of urea groups is 1. The van der Waals surface area contributed by atoms with E-state index in [1.807, 2.05) is 23.1 Å². The summed E-state index contributed by atoms with van der Waals surface area (Å²) in [6, 6.07) is 7.40. The van der Waals surface area contributed by atoms with E-state index in [0.29, 0.717) is 19.6 Å². The predicted molar refractivity (Wildman–Crippen MR) is 88.7 cm³/mol. The third kappa shape index (κ3) is 2.70. The van der Waals surface area contributed by atoms with Gasteiger partial charge in [0.15, 0.2) is 5.13 Å². The van der Waals surface area contributed by atoms with Crippen molar-refractivity contribution in [3.63, 3.8) is 0 Å². The Labute approximate surface area is 137 Å². The molecule has 1 aromatic carbocycles. The molecule has 8 heteroatoms. The second kappa shape index (κ2) is 5.69. The van der Waals surface area contributed by atoms with Crippen molar-refractivity contribution in [2.75, 3.05) is 37.6 Å². The van der Waals surface area contributed by atoms with Crippen molar-refractivity contribution in [2.45, 2.75) is 6.04 Å². The quantitative estimate of drug-likeness (QED) is 0.846. The molecule has 2 aliphatic heterocycles. The Hall–Kier alpha value is -2.35. The number of rotatable bonds is 2. The van der Waals surface area contributed by atoms with Crippen LogP contribution in [0.3, 0.4) is 0 Å². The van der Waals surface area contributed by atoms with E-state index in [9.17, 15) is 9.59 Å². The Morgan fingerprint density at radius 2 is 2.00 bits per heavy atom. The summed E-state index contributed by atoms with van der Waals surface area (Å²) in [4.78, 5) is 32.2. The number of hydrogen-bond donors (Lipinski definition) is 2. The van der Waals surface area contributed by atoms with E-state index in [1.165, 1.54) is 4.70 Å². The van der Waals surface area contributed by atoms with Gasteiger partial charge >= 0.3 is 6.03 Å². The van der Waals surface area contributed by atoms with Gasteiger partial charge in [0, 0.05) is 32.7 Å². The second-order valence-electron chi connectivity index (χ2n) is 5.68. The molecule has 2 aliphatic rings. The fourth-order valence-corrected chi connectivity index (χ4v) is 3.96. The molecule has 1 atom stereocenters. The zero-order chi connectivity index (χ0) is 15.8. The van der Waals surface area contributed by atoms with Crippen LogP contribution in [0.5, 0.6) is 0 Å². The normalized spacial score (nSPS) is 21.4. The van der Waals surface area contributed by atoms with E-state index in [4.69, 9.17) is 0 Å². The van der Waals surface area contributed by atoms with Crippen LogP contribution in [0.4, 0.5) is 9.93 Å². The summed E-state index contributed by atoms with van der Waals surface area (Å²) in [6.07, 6.45) is 0. The van der Waals surface area contributed by atoms with Crippen LogP contribution < -0.4 is 15.5 Å². The average molecular weight is 331 g/mol. The fraction of sp³-hybridized carbons (Fsp3) is 0.400. The van der Waals surface area contributed by atoms with E-state index in [0.717, 1.165) is 23.7 Å². The van der Waals surface area contributed by atoms with Gasteiger partial charge in [0.25, 0.3) is 0 Å². The largest absolute Gasteiger partial charge is 0.345 e. The highest BCUT2D eigenvalue weighted by Gasteiger charge is 2.32. The fourth-order valence-electron chi connectivity index (χ4n) is 2.94. The molecule has 23 heavy (non-hydrogen) atoms. The molecule has 1 unspecified atom stereocenters. The summed E-state index contributed by atoms with van der Waals surface area (Å²) in [5.41, 5.74) is 1.02. The Morgan fingerprint density at radius 3 is 2.70 bits per heavy atom. The maximum absolute atomic E-state index is 12.4. The van der Waals surface area contributed by atoms with Crippen molar-refractivity contribution in [1.82, 2.24) is 20.5 Å². The third-order valence-electron chi connectivity index (χ3n) is 4.21. The molecule has 1 aromatic heterocycles. The summed E-state index contributed by atoms with van der Waals surface area (Å²) in [5, 5.41) is 6.28. The van der Waals surface area contributed by atoms with Crippen molar-refractivity contribution < 1.29 is 9.59 Å². The molecule has 7 nitrogen and oxygen atoms in total. The van der Waals surface area contributed by atoms with E-state index in [-0.39, 0.29) is 11.9 Å². The highest BCUT2D eigenvalue weighted by atomic mass is 32.1. The van der Waals surface area contributed by atoms with Gasteiger partial charge in [-0.3, -0.25) is 4.79 Å². The van der Waals surface area contributed by atoms with Crippen LogP contribution in [-0.4, -0.2) is 60.6 Å². The molecule has 0 radical (unpaired) electrons. The molecule has 120 valence electrons. The van der Waals surface area contributed by atoms with Crippen molar-refractivity contribution >= 4 is 38.6 Å². The molecular formula is C15H17N5O2S. The van der Waals surface area contributed by atoms with Gasteiger partial charge in [-0.05, 0) is 12.1 Å². The van der Waals surface area contributed by atoms with Gasteiger partial charge in [0.2, 0.25) is 5.91 Å². The average Bonchev–Trinajstić information content (AvgIpc) is 3.20. The predicted octanol–water partition coefficient (Wildman–Crippen LogP) is 0.626. The third-order valence-corrected chi connectivity index (χ3v) is 5.31. The molecule has 3 heterocycles. The number of amides is 3. The van der Waals surface area contributed by atoms with Crippen LogP contribution in [0.2, 0.25) is 0 Å². The number of hydrogen-bond acceptors (Lipinski definition) is 5. The first-order chi connectivity index (χ1) is 11.2. The molecule has 0 spiro atoms. The Bertz CT molecular complexity index is 720. The molecule has 3 amide bonds. The molecule has 0 saturated carbocycles. The van der Waals surface area contributed by atoms with E-state index in [2.05, 4.69) is 26.6 Å². The van der Waals surface area contributed by atoms with Crippen LogP contribution in [-0.2, 0) is 4.79 Å². The first-order valence-corrected chi connectivity index (χ1v) is 8.46. The molecule has 0 bridgehead atoms. The van der Waals surface area contributed by atoms with Gasteiger partial charge in [0.05, 0.1) is 10.2 Å². The van der Waals surface area contributed by atoms with Crippen molar-refractivity contribution in [1.29, 1.82) is 0 Å². The lowest BCUT2D eigenvalue weighted by molar-refractivity contribution is -0.132. The summed E-state index contributed by atoms with van der Waals surface area (Å²) >= 11 is 1.68. The van der Waals surface area contributed by atoms with Crippen LogP contribution in [0.15, 0.2) is 24.3 Å².